The van der Waals surface area contributed by atoms with Gasteiger partial charge in [-0.3, -0.25) is 9.69 Å². The SMILES string of the molecule is Cc1cc(NC(=O)CN(Cc2ccco2)Cc2ccco2)ccc1Br. The molecule has 6 heteroatoms. The highest BCUT2D eigenvalue weighted by Crippen LogP contribution is 2.20. The van der Waals surface area contributed by atoms with Crippen LogP contribution >= 0.6 is 15.9 Å². The summed E-state index contributed by atoms with van der Waals surface area (Å²) in [6, 6.07) is 13.2. The Balaban J connectivity index is 1.65. The molecular formula is C19H19BrN2O3. The van der Waals surface area contributed by atoms with E-state index in [-0.39, 0.29) is 12.5 Å². The normalized spacial score (nSPS) is 11.0. The maximum Gasteiger partial charge on any atom is 0.238 e. The standard InChI is InChI=1S/C19H19BrN2O3/c1-14-10-15(6-7-18(14)20)21-19(23)13-22(11-16-4-2-8-24-16)12-17-5-3-9-25-17/h2-10H,11-13H2,1H3,(H,21,23). The van der Waals surface area contributed by atoms with Gasteiger partial charge in [0.05, 0.1) is 32.2 Å². The summed E-state index contributed by atoms with van der Waals surface area (Å²) in [5.74, 6) is 1.53. The van der Waals surface area contributed by atoms with Crippen molar-refractivity contribution < 1.29 is 13.6 Å². The molecule has 0 saturated carbocycles. The maximum atomic E-state index is 12.5. The number of nitrogens with zero attached hydrogens (tertiary/aromatic N) is 1. The fraction of sp³-hybridized carbons (Fsp3) is 0.211. The molecule has 130 valence electrons. The Labute approximate surface area is 154 Å². The first-order valence-electron chi connectivity index (χ1n) is 7.93. The number of carbonyl (C=O) groups excluding carboxylic acids is 1. The van der Waals surface area contributed by atoms with Crippen LogP contribution < -0.4 is 5.32 Å². The van der Waals surface area contributed by atoms with Gasteiger partial charge in [0.2, 0.25) is 5.91 Å². The van der Waals surface area contributed by atoms with Crippen LogP contribution in [-0.4, -0.2) is 17.4 Å². The average Bonchev–Trinajstić information content (AvgIpc) is 3.25. The highest BCUT2D eigenvalue weighted by atomic mass is 79.9. The van der Waals surface area contributed by atoms with Gasteiger partial charge in [0, 0.05) is 10.2 Å². The van der Waals surface area contributed by atoms with Gasteiger partial charge in [0.15, 0.2) is 0 Å². The Hall–Kier alpha value is -2.31. The number of hydrogen-bond acceptors (Lipinski definition) is 4. The van der Waals surface area contributed by atoms with E-state index >= 15 is 0 Å². The van der Waals surface area contributed by atoms with Gasteiger partial charge in [-0.05, 0) is 55.0 Å². The molecule has 0 fully saturated rings. The van der Waals surface area contributed by atoms with Gasteiger partial charge in [0.25, 0.3) is 0 Å². The summed E-state index contributed by atoms with van der Waals surface area (Å²) >= 11 is 3.46. The topological polar surface area (TPSA) is 58.6 Å². The number of furan rings is 2. The summed E-state index contributed by atoms with van der Waals surface area (Å²) < 4.78 is 11.8. The Morgan fingerprint density at radius 2 is 1.72 bits per heavy atom. The van der Waals surface area contributed by atoms with E-state index in [1.807, 2.05) is 54.3 Å². The van der Waals surface area contributed by atoms with Crippen LogP contribution in [-0.2, 0) is 17.9 Å². The quantitative estimate of drug-likeness (QED) is 0.627. The molecule has 5 nitrogen and oxygen atoms in total. The molecule has 0 spiro atoms. The van der Waals surface area contributed by atoms with E-state index in [9.17, 15) is 4.79 Å². The number of anilines is 1. The number of aryl methyl sites for hydroxylation is 1. The molecule has 0 radical (unpaired) electrons. The smallest absolute Gasteiger partial charge is 0.238 e. The molecule has 0 unspecified atom stereocenters. The second-order valence-corrected chi connectivity index (χ2v) is 6.67. The van der Waals surface area contributed by atoms with Gasteiger partial charge < -0.3 is 14.2 Å². The van der Waals surface area contributed by atoms with Crippen molar-refractivity contribution in [3.05, 3.63) is 76.5 Å². The highest BCUT2D eigenvalue weighted by Gasteiger charge is 2.15. The van der Waals surface area contributed by atoms with E-state index in [1.165, 1.54) is 0 Å². The molecule has 2 aromatic heterocycles. The minimum absolute atomic E-state index is 0.0835. The average molecular weight is 403 g/mol. The van der Waals surface area contributed by atoms with Crippen molar-refractivity contribution >= 4 is 27.5 Å². The van der Waals surface area contributed by atoms with E-state index in [0.717, 1.165) is 27.2 Å². The van der Waals surface area contributed by atoms with Gasteiger partial charge in [-0.1, -0.05) is 15.9 Å². The third kappa shape index (κ3) is 5.08. The molecule has 25 heavy (non-hydrogen) atoms. The third-order valence-electron chi connectivity index (χ3n) is 3.73. The fourth-order valence-electron chi connectivity index (χ4n) is 2.54. The number of halogens is 1. The second kappa shape index (κ2) is 8.18. The Bertz CT molecular complexity index is 777. The van der Waals surface area contributed by atoms with Gasteiger partial charge in [-0.2, -0.15) is 0 Å². The lowest BCUT2D eigenvalue weighted by atomic mass is 10.2. The lowest BCUT2D eigenvalue weighted by Crippen LogP contribution is -2.32. The first-order chi connectivity index (χ1) is 12.1. The van der Waals surface area contributed by atoms with Crippen LogP contribution in [0.2, 0.25) is 0 Å². The molecule has 2 heterocycles. The second-order valence-electron chi connectivity index (χ2n) is 5.82. The number of amides is 1. The van der Waals surface area contributed by atoms with Gasteiger partial charge in [-0.25, -0.2) is 0 Å². The van der Waals surface area contributed by atoms with Crippen LogP contribution in [0.25, 0.3) is 0 Å². The van der Waals surface area contributed by atoms with Gasteiger partial charge in [0.1, 0.15) is 11.5 Å². The molecule has 0 saturated heterocycles. The molecule has 3 rings (SSSR count). The largest absolute Gasteiger partial charge is 0.468 e. The Morgan fingerprint density at radius 1 is 1.08 bits per heavy atom. The van der Waals surface area contributed by atoms with E-state index in [4.69, 9.17) is 8.83 Å². The third-order valence-corrected chi connectivity index (χ3v) is 4.62. The molecule has 0 aliphatic heterocycles. The number of hydrogen-bond donors (Lipinski definition) is 1. The summed E-state index contributed by atoms with van der Waals surface area (Å²) in [6.07, 6.45) is 3.26. The molecular weight excluding hydrogens is 384 g/mol. The fourth-order valence-corrected chi connectivity index (χ4v) is 2.79. The molecule has 3 aromatic rings. The van der Waals surface area contributed by atoms with Crippen LogP contribution in [0.1, 0.15) is 17.1 Å². The van der Waals surface area contributed by atoms with Crippen molar-refractivity contribution in [2.75, 3.05) is 11.9 Å². The molecule has 1 aromatic carbocycles. The Morgan fingerprint density at radius 3 is 2.24 bits per heavy atom. The minimum atomic E-state index is -0.0835. The number of rotatable bonds is 7. The zero-order valence-electron chi connectivity index (χ0n) is 13.9. The van der Waals surface area contributed by atoms with Crippen LogP contribution in [0.3, 0.4) is 0 Å². The van der Waals surface area contributed by atoms with Crippen molar-refractivity contribution in [2.45, 2.75) is 20.0 Å². The molecule has 1 amide bonds. The first kappa shape index (κ1) is 17.5. The van der Waals surface area contributed by atoms with Crippen LogP contribution in [0.4, 0.5) is 5.69 Å². The predicted octanol–water partition coefficient (Wildman–Crippen LogP) is 4.58. The summed E-state index contributed by atoms with van der Waals surface area (Å²) in [4.78, 5) is 14.4. The van der Waals surface area contributed by atoms with Crippen molar-refractivity contribution in [2.24, 2.45) is 0 Å². The number of carbonyl (C=O) groups is 1. The number of nitrogens with one attached hydrogen (secondary N) is 1. The van der Waals surface area contributed by atoms with Crippen LogP contribution in [0, 0.1) is 6.92 Å². The predicted molar refractivity (Wildman–Crippen MR) is 99.0 cm³/mol. The lowest BCUT2D eigenvalue weighted by molar-refractivity contribution is -0.117. The monoisotopic (exact) mass is 402 g/mol. The van der Waals surface area contributed by atoms with Crippen molar-refractivity contribution in [1.29, 1.82) is 0 Å². The van der Waals surface area contributed by atoms with E-state index in [2.05, 4.69) is 21.2 Å². The van der Waals surface area contributed by atoms with E-state index in [1.54, 1.807) is 12.5 Å². The highest BCUT2D eigenvalue weighted by molar-refractivity contribution is 9.10. The molecule has 0 bridgehead atoms. The molecule has 1 N–H and O–H groups in total. The van der Waals surface area contributed by atoms with E-state index in [0.29, 0.717) is 13.1 Å². The minimum Gasteiger partial charge on any atom is -0.468 e. The van der Waals surface area contributed by atoms with E-state index < -0.39 is 0 Å². The van der Waals surface area contributed by atoms with Crippen molar-refractivity contribution in [1.82, 2.24) is 4.90 Å². The first-order valence-corrected chi connectivity index (χ1v) is 8.72. The molecule has 0 aliphatic carbocycles. The maximum absolute atomic E-state index is 12.5. The van der Waals surface area contributed by atoms with Crippen molar-refractivity contribution in [3.63, 3.8) is 0 Å². The lowest BCUT2D eigenvalue weighted by Gasteiger charge is -2.19. The summed E-state index contributed by atoms with van der Waals surface area (Å²) in [7, 11) is 0. The number of benzene rings is 1. The zero-order chi connectivity index (χ0) is 17.6. The van der Waals surface area contributed by atoms with Crippen LogP contribution in [0.5, 0.6) is 0 Å². The van der Waals surface area contributed by atoms with Crippen LogP contribution in [0.15, 0.2) is 68.3 Å². The molecule has 0 atom stereocenters. The van der Waals surface area contributed by atoms with Crippen molar-refractivity contribution in [3.8, 4) is 0 Å². The van der Waals surface area contributed by atoms with Gasteiger partial charge >= 0.3 is 0 Å². The summed E-state index contributed by atoms with van der Waals surface area (Å²) in [6.45, 7) is 3.28. The summed E-state index contributed by atoms with van der Waals surface area (Å²) in [5.41, 5.74) is 1.85. The zero-order valence-corrected chi connectivity index (χ0v) is 15.5. The van der Waals surface area contributed by atoms with Gasteiger partial charge in [-0.15, -0.1) is 0 Å². The Kier molecular flexibility index (Phi) is 5.73. The molecule has 0 aliphatic rings. The summed E-state index contributed by atoms with van der Waals surface area (Å²) in [5, 5.41) is 2.94.